The van der Waals surface area contributed by atoms with E-state index in [9.17, 15) is 9.59 Å². The summed E-state index contributed by atoms with van der Waals surface area (Å²) in [6, 6.07) is 20.4. The standard InChI is InChI=1S/C22H16O3/c23-21-19-15-11-12-16(20(19)22(24)25-21)18(15)17(13-7-3-1-4-8-13)14-9-5-2-6-10-14/h1-12,15-16,19-20H/t15-,16+,19-,20-/m1/s1. The quantitative estimate of drug-likeness (QED) is 0.480. The minimum atomic E-state index is -0.371. The average molecular weight is 328 g/mol. The minimum Gasteiger partial charge on any atom is -0.393 e. The molecule has 1 heterocycles. The van der Waals surface area contributed by atoms with E-state index in [4.69, 9.17) is 4.74 Å². The topological polar surface area (TPSA) is 43.4 Å². The fraction of sp³-hybridized carbons (Fsp3) is 0.182. The number of benzene rings is 2. The molecule has 0 unspecified atom stereocenters. The minimum absolute atomic E-state index is 0.0515. The van der Waals surface area contributed by atoms with Gasteiger partial charge in [-0.15, -0.1) is 0 Å². The van der Waals surface area contributed by atoms with E-state index in [1.807, 2.05) is 36.4 Å². The third kappa shape index (κ3) is 1.99. The molecule has 0 radical (unpaired) electrons. The van der Waals surface area contributed by atoms with Gasteiger partial charge in [0.05, 0.1) is 11.8 Å². The molecule has 4 atom stereocenters. The maximum absolute atomic E-state index is 12.2. The number of ether oxygens (including phenoxy) is 1. The second-order valence-corrected chi connectivity index (χ2v) is 6.79. The van der Waals surface area contributed by atoms with E-state index in [0.717, 1.165) is 16.7 Å². The zero-order chi connectivity index (χ0) is 17.0. The van der Waals surface area contributed by atoms with Gasteiger partial charge in [-0.1, -0.05) is 72.8 Å². The Hall–Kier alpha value is -2.94. The summed E-state index contributed by atoms with van der Waals surface area (Å²) in [7, 11) is 0. The van der Waals surface area contributed by atoms with E-state index >= 15 is 0 Å². The molecule has 0 spiro atoms. The molecule has 1 saturated heterocycles. The monoisotopic (exact) mass is 328 g/mol. The van der Waals surface area contributed by atoms with E-state index in [-0.39, 0.29) is 35.6 Å². The predicted molar refractivity (Wildman–Crippen MR) is 93.1 cm³/mol. The lowest BCUT2D eigenvalue weighted by Gasteiger charge is -2.18. The van der Waals surface area contributed by atoms with E-state index in [0.29, 0.717) is 0 Å². The lowest BCUT2D eigenvalue weighted by molar-refractivity contribution is -0.154. The number of hydrogen-bond donors (Lipinski definition) is 0. The Kier molecular flexibility index (Phi) is 3.04. The van der Waals surface area contributed by atoms with Gasteiger partial charge in [0.2, 0.25) is 0 Å². The lowest BCUT2D eigenvalue weighted by atomic mass is 9.85. The van der Waals surface area contributed by atoms with Crippen LogP contribution >= 0.6 is 0 Å². The van der Waals surface area contributed by atoms with Gasteiger partial charge < -0.3 is 4.74 Å². The summed E-state index contributed by atoms with van der Waals surface area (Å²) in [6.07, 6.45) is 4.15. The molecular weight excluding hydrogens is 312 g/mol. The van der Waals surface area contributed by atoms with Crippen LogP contribution in [0.5, 0.6) is 0 Å². The Morgan fingerprint density at radius 2 is 1.12 bits per heavy atom. The molecule has 1 saturated carbocycles. The summed E-state index contributed by atoms with van der Waals surface area (Å²) in [4.78, 5) is 24.4. The predicted octanol–water partition coefficient (Wildman–Crippen LogP) is 3.62. The van der Waals surface area contributed by atoms with Crippen LogP contribution < -0.4 is 0 Å². The van der Waals surface area contributed by atoms with Crippen molar-refractivity contribution in [2.24, 2.45) is 23.7 Å². The SMILES string of the molecule is O=C1OC(=O)[C@H]2[C@H]1[C@@H]1C=C[C@H]2C1=C(c1ccccc1)c1ccccc1. The third-order valence-corrected chi connectivity index (χ3v) is 5.56. The number of carbonyl (C=O) groups is 2. The summed E-state index contributed by atoms with van der Waals surface area (Å²) >= 11 is 0. The number of rotatable bonds is 2. The molecule has 2 aliphatic carbocycles. The highest BCUT2D eigenvalue weighted by Gasteiger charge is 2.61. The van der Waals surface area contributed by atoms with Crippen molar-refractivity contribution in [1.29, 1.82) is 0 Å². The Morgan fingerprint density at radius 1 is 0.680 bits per heavy atom. The number of cyclic esters (lactones) is 2. The summed E-state index contributed by atoms with van der Waals surface area (Å²) in [6.45, 7) is 0. The van der Waals surface area contributed by atoms with E-state index < -0.39 is 0 Å². The molecule has 0 aromatic heterocycles. The van der Waals surface area contributed by atoms with Crippen LogP contribution in [0, 0.1) is 23.7 Å². The first-order chi connectivity index (χ1) is 12.3. The van der Waals surface area contributed by atoms with Crippen LogP contribution in [-0.2, 0) is 14.3 Å². The number of carbonyl (C=O) groups excluding carboxylic acids is 2. The van der Waals surface area contributed by atoms with Crippen LogP contribution in [0.3, 0.4) is 0 Å². The second-order valence-electron chi connectivity index (χ2n) is 6.79. The molecule has 0 N–H and O–H groups in total. The van der Waals surface area contributed by atoms with Gasteiger partial charge in [-0.25, -0.2) is 0 Å². The van der Waals surface area contributed by atoms with Crippen LogP contribution in [0.1, 0.15) is 11.1 Å². The van der Waals surface area contributed by atoms with E-state index in [1.54, 1.807) is 0 Å². The summed E-state index contributed by atoms with van der Waals surface area (Å²) in [5.74, 6) is -1.57. The number of allylic oxidation sites excluding steroid dienone is 3. The maximum atomic E-state index is 12.2. The third-order valence-electron chi connectivity index (χ3n) is 5.56. The normalized spacial score (nSPS) is 29.0. The van der Waals surface area contributed by atoms with Crippen LogP contribution in [0.25, 0.3) is 5.57 Å². The molecule has 2 aromatic rings. The largest absolute Gasteiger partial charge is 0.393 e. The zero-order valence-corrected chi connectivity index (χ0v) is 13.5. The summed E-state index contributed by atoms with van der Waals surface area (Å²) < 4.78 is 4.91. The lowest BCUT2D eigenvalue weighted by Crippen LogP contribution is -2.21. The highest BCUT2D eigenvalue weighted by molar-refractivity contribution is 6.00. The van der Waals surface area contributed by atoms with Crippen molar-refractivity contribution < 1.29 is 14.3 Å². The molecular formula is C22H16O3. The van der Waals surface area contributed by atoms with Gasteiger partial charge in [0.1, 0.15) is 0 Å². The average Bonchev–Trinajstić information content (AvgIpc) is 3.29. The van der Waals surface area contributed by atoms with Crippen LogP contribution in [0.2, 0.25) is 0 Å². The van der Waals surface area contributed by atoms with Crippen molar-refractivity contribution in [3.8, 4) is 0 Å². The fourth-order valence-electron chi connectivity index (χ4n) is 4.61. The summed E-state index contributed by atoms with van der Waals surface area (Å²) in [5, 5.41) is 0. The fourth-order valence-corrected chi connectivity index (χ4v) is 4.61. The smallest absolute Gasteiger partial charge is 0.318 e. The van der Waals surface area contributed by atoms with Crippen molar-refractivity contribution in [1.82, 2.24) is 0 Å². The molecule has 1 aliphatic heterocycles. The highest BCUT2D eigenvalue weighted by atomic mass is 16.6. The number of fused-ring (bicyclic) bond motifs is 5. The van der Waals surface area contributed by atoms with Gasteiger partial charge in [-0.2, -0.15) is 0 Å². The van der Waals surface area contributed by atoms with Crippen molar-refractivity contribution in [3.63, 3.8) is 0 Å². The van der Waals surface area contributed by atoms with Gasteiger partial charge in [0, 0.05) is 11.8 Å². The molecule has 0 amide bonds. The van der Waals surface area contributed by atoms with Crippen molar-refractivity contribution in [3.05, 3.63) is 89.5 Å². The number of hydrogen-bond acceptors (Lipinski definition) is 3. The van der Waals surface area contributed by atoms with E-state index in [1.165, 1.54) is 5.57 Å². The van der Waals surface area contributed by atoms with Crippen molar-refractivity contribution in [2.45, 2.75) is 0 Å². The first-order valence-corrected chi connectivity index (χ1v) is 8.54. The summed E-state index contributed by atoms with van der Waals surface area (Å²) in [5.41, 5.74) is 4.54. The molecule has 2 bridgehead atoms. The van der Waals surface area contributed by atoms with Gasteiger partial charge >= 0.3 is 11.9 Å². The highest BCUT2D eigenvalue weighted by Crippen LogP contribution is 2.57. The Morgan fingerprint density at radius 3 is 1.56 bits per heavy atom. The Balaban J connectivity index is 1.75. The van der Waals surface area contributed by atoms with E-state index in [2.05, 4.69) is 36.4 Å². The number of esters is 2. The molecule has 122 valence electrons. The zero-order valence-electron chi connectivity index (χ0n) is 13.5. The van der Waals surface area contributed by atoms with Gasteiger partial charge in [0.15, 0.2) is 0 Å². The van der Waals surface area contributed by atoms with Crippen molar-refractivity contribution >= 4 is 17.5 Å². The molecule has 3 aliphatic rings. The molecule has 2 fully saturated rings. The molecule has 25 heavy (non-hydrogen) atoms. The molecule has 3 heteroatoms. The first kappa shape index (κ1) is 14.4. The van der Waals surface area contributed by atoms with Gasteiger partial charge in [-0.3, -0.25) is 9.59 Å². The second kappa shape index (κ2) is 5.28. The van der Waals surface area contributed by atoms with Crippen LogP contribution in [-0.4, -0.2) is 11.9 Å². The van der Waals surface area contributed by atoms with Crippen LogP contribution in [0.15, 0.2) is 78.4 Å². The molecule has 5 rings (SSSR count). The van der Waals surface area contributed by atoms with Crippen LogP contribution in [0.4, 0.5) is 0 Å². The first-order valence-electron chi connectivity index (χ1n) is 8.54. The Labute approximate surface area is 145 Å². The Bertz CT molecular complexity index is 851. The van der Waals surface area contributed by atoms with Crippen molar-refractivity contribution in [2.75, 3.05) is 0 Å². The molecule has 2 aromatic carbocycles. The van der Waals surface area contributed by atoms with Gasteiger partial charge in [-0.05, 0) is 22.3 Å². The maximum Gasteiger partial charge on any atom is 0.318 e. The van der Waals surface area contributed by atoms with Gasteiger partial charge in [0.25, 0.3) is 0 Å². The molecule has 3 nitrogen and oxygen atoms in total.